The highest BCUT2D eigenvalue weighted by atomic mass is 16.5. The molecule has 3 nitrogen and oxygen atoms in total. The Bertz CT molecular complexity index is 540. The monoisotopic (exact) mass is 285 g/mol. The Kier molecular flexibility index (Phi) is 5.64. The van der Waals surface area contributed by atoms with Crippen LogP contribution >= 0.6 is 0 Å². The molecule has 0 fully saturated rings. The average molecular weight is 285 g/mol. The Morgan fingerprint density at radius 2 is 1.67 bits per heavy atom. The van der Waals surface area contributed by atoms with E-state index in [4.69, 9.17) is 9.47 Å². The second-order valence-electron chi connectivity index (χ2n) is 5.21. The molecule has 0 N–H and O–H groups in total. The summed E-state index contributed by atoms with van der Waals surface area (Å²) in [5.74, 6) is 1.67. The van der Waals surface area contributed by atoms with Gasteiger partial charge in [-0.3, -0.25) is 0 Å². The van der Waals surface area contributed by atoms with Gasteiger partial charge in [-0.25, -0.2) is 0 Å². The number of ether oxygens (including phenoxy) is 2. The van der Waals surface area contributed by atoms with Crippen LogP contribution < -0.4 is 9.47 Å². The number of nitrogens with zero attached hydrogens (tertiary/aromatic N) is 1. The summed E-state index contributed by atoms with van der Waals surface area (Å²) in [6.45, 7) is 0.672. The van der Waals surface area contributed by atoms with Gasteiger partial charge in [0.05, 0.1) is 13.7 Å². The van der Waals surface area contributed by atoms with Crippen molar-refractivity contribution in [1.82, 2.24) is 4.90 Å². The first-order valence-electron chi connectivity index (χ1n) is 7.19. The zero-order valence-electron chi connectivity index (χ0n) is 13.0. The lowest BCUT2D eigenvalue weighted by molar-refractivity contribution is 0.223. The first-order valence-corrected chi connectivity index (χ1v) is 7.19. The van der Waals surface area contributed by atoms with Gasteiger partial charge in [-0.1, -0.05) is 36.4 Å². The molecule has 0 amide bonds. The maximum atomic E-state index is 5.84. The second kappa shape index (κ2) is 7.70. The molecule has 0 spiro atoms. The maximum Gasteiger partial charge on any atom is 0.122 e. The van der Waals surface area contributed by atoms with E-state index in [1.54, 1.807) is 7.11 Å². The Morgan fingerprint density at radius 3 is 2.33 bits per heavy atom. The van der Waals surface area contributed by atoms with E-state index in [9.17, 15) is 0 Å². The van der Waals surface area contributed by atoms with Gasteiger partial charge in [-0.2, -0.15) is 0 Å². The molecule has 2 aromatic carbocycles. The lowest BCUT2D eigenvalue weighted by Crippen LogP contribution is -2.22. The van der Waals surface area contributed by atoms with Crippen LogP contribution in [0, 0.1) is 0 Å². The number of methoxy groups -OCH3 is 1. The van der Waals surface area contributed by atoms with E-state index in [1.807, 2.05) is 30.3 Å². The van der Waals surface area contributed by atoms with Crippen molar-refractivity contribution in [2.75, 3.05) is 27.8 Å². The average Bonchev–Trinajstić information content (AvgIpc) is 2.52. The largest absolute Gasteiger partial charge is 0.497 e. The molecule has 3 heteroatoms. The fourth-order valence-corrected chi connectivity index (χ4v) is 2.38. The molecular weight excluding hydrogens is 262 g/mol. The van der Waals surface area contributed by atoms with Crippen molar-refractivity contribution in [3.8, 4) is 11.5 Å². The van der Waals surface area contributed by atoms with E-state index in [1.165, 1.54) is 5.56 Å². The van der Waals surface area contributed by atoms with Crippen molar-refractivity contribution in [2.24, 2.45) is 0 Å². The van der Waals surface area contributed by atoms with Crippen LogP contribution in [-0.2, 0) is 0 Å². The van der Waals surface area contributed by atoms with Crippen LogP contribution in [0.4, 0.5) is 0 Å². The SMILES string of the molecule is COc1cccc(OCCC(c2ccccc2)N(C)C)c1. The van der Waals surface area contributed by atoms with Crippen LogP contribution in [0.1, 0.15) is 18.0 Å². The Balaban J connectivity index is 1.93. The predicted molar refractivity (Wildman–Crippen MR) is 86.0 cm³/mol. The van der Waals surface area contributed by atoms with Gasteiger partial charge >= 0.3 is 0 Å². The summed E-state index contributed by atoms with van der Waals surface area (Å²) in [6.07, 6.45) is 0.939. The van der Waals surface area contributed by atoms with Gasteiger partial charge in [0, 0.05) is 18.5 Å². The van der Waals surface area contributed by atoms with Gasteiger partial charge in [-0.15, -0.1) is 0 Å². The molecule has 0 aliphatic carbocycles. The molecule has 0 aromatic heterocycles. The Morgan fingerprint density at radius 1 is 0.952 bits per heavy atom. The molecule has 0 saturated carbocycles. The smallest absolute Gasteiger partial charge is 0.122 e. The Hall–Kier alpha value is -2.00. The molecule has 0 bridgehead atoms. The van der Waals surface area contributed by atoms with E-state index in [0.29, 0.717) is 12.6 Å². The standard InChI is InChI=1S/C18H23NO2/c1-19(2)18(15-8-5-4-6-9-15)12-13-21-17-11-7-10-16(14-17)20-3/h4-11,14,18H,12-13H2,1-3H3. The zero-order chi connectivity index (χ0) is 15.1. The van der Waals surface area contributed by atoms with Crippen LogP contribution in [0.15, 0.2) is 54.6 Å². The first-order chi connectivity index (χ1) is 10.2. The third-order valence-corrected chi connectivity index (χ3v) is 3.51. The highest BCUT2D eigenvalue weighted by Crippen LogP contribution is 2.23. The zero-order valence-corrected chi connectivity index (χ0v) is 13.0. The summed E-state index contributed by atoms with van der Waals surface area (Å²) in [6, 6.07) is 18.6. The van der Waals surface area contributed by atoms with Crippen molar-refractivity contribution in [3.05, 3.63) is 60.2 Å². The lowest BCUT2D eigenvalue weighted by Gasteiger charge is -2.24. The molecular formula is C18H23NO2. The van der Waals surface area contributed by atoms with E-state index in [-0.39, 0.29) is 0 Å². The first kappa shape index (κ1) is 15.4. The van der Waals surface area contributed by atoms with Crippen LogP contribution in [0.5, 0.6) is 11.5 Å². The minimum absolute atomic E-state index is 0.358. The lowest BCUT2D eigenvalue weighted by atomic mass is 10.0. The number of rotatable bonds is 7. The van der Waals surface area contributed by atoms with Crippen LogP contribution in [0.3, 0.4) is 0 Å². The number of benzene rings is 2. The molecule has 0 radical (unpaired) electrons. The Labute approximate surface area is 127 Å². The molecule has 21 heavy (non-hydrogen) atoms. The summed E-state index contributed by atoms with van der Waals surface area (Å²) in [7, 11) is 5.86. The summed E-state index contributed by atoms with van der Waals surface area (Å²) in [5.41, 5.74) is 1.32. The second-order valence-corrected chi connectivity index (χ2v) is 5.21. The number of hydrogen-bond acceptors (Lipinski definition) is 3. The summed E-state index contributed by atoms with van der Waals surface area (Å²) in [4.78, 5) is 2.23. The minimum atomic E-state index is 0.358. The molecule has 2 aromatic rings. The summed E-state index contributed by atoms with van der Waals surface area (Å²) >= 11 is 0. The van der Waals surface area contributed by atoms with Crippen molar-refractivity contribution >= 4 is 0 Å². The fraction of sp³-hybridized carbons (Fsp3) is 0.333. The maximum absolute atomic E-state index is 5.84. The fourth-order valence-electron chi connectivity index (χ4n) is 2.38. The molecule has 0 saturated heterocycles. The normalized spacial score (nSPS) is 12.2. The van der Waals surface area contributed by atoms with Crippen molar-refractivity contribution < 1.29 is 9.47 Å². The van der Waals surface area contributed by atoms with Gasteiger partial charge in [0.25, 0.3) is 0 Å². The molecule has 112 valence electrons. The van der Waals surface area contributed by atoms with E-state index >= 15 is 0 Å². The minimum Gasteiger partial charge on any atom is -0.497 e. The van der Waals surface area contributed by atoms with Crippen LogP contribution in [-0.4, -0.2) is 32.7 Å². The van der Waals surface area contributed by atoms with E-state index < -0.39 is 0 Å². The molecule has 1 atom stereocenters. The molecule has 0 aliphatic rings. The summed E-state index contributed by atoms with van der Waals surface area (Å²) in [5, 5.41) is 0. The predicted octanol–water partition coefficient (Wildman–Crippen LogP) is 3.77. The quantitative estimate of drug-likeness (QED) is 0.773. The van der Waals surface area contributed by atoms with Gasteiger partial charge in [0.15, 0.2) is 0 Å². The van der Waals surface area contributed by atoms with E-state index in [0.717, 1.165) is 17.9 Å². The molecule has 1 unspecified atom stereocenters. The molecule has 2 rings (SSSR count). The molecule has 0 heterocycles. The highest BCUT2D eigenvalue weighted by molar-refractivity contribution is 5.32. The van der Waals surface area contributed by atoms with Crippen LogP contribution in [0.25, 0.3) is 0 Å². The van der Waals surface area contributed by atoms with Crippen LogP contribution in [0.2, 0.25) is 0 Å². The topological polar surface area (TPSA) is 21.7 Å². The van der Waals surface area contributed by atoms with Crippen molar-refractivity contribution in [2.45, 2.75) is 12.5 Å². The van der Waals surface area contributed by atoms with Gasteiger partial charge < -0.3 is 14.4 Å². The summed E-state index contributed by atoms with van der Waals surface area (Å²) < 4.78 is 11.0. The third-order valence-electron chi connectivity index (χ3n) is 3.51. The third kappa shape index (κ3) is 4.50. The van der Waals surface area contributed by atoms with Crippen molar-refractivity contribution in [1.29, 1.82) is 0 Å². The highest BCUT2D eigenvalue weighted by Gasteiger charge is 2.13. The van der Waals surface area contributed by atoms with Gasteiger partial charge in [0.1, 0.15) is 11.5 Å². The van der Waals surface area contributed by atoms with E-state index in [2.05, 4.69) is 43.3 Å². The number of hydrogen-bond donors (Lipinski definition) is 0. The van der Waals surface area contributed by atoms with Crippen molar-refractivity contribution in [3.63, 3.8) is 0 Å². The van der Waals surface area contributed by atoms with Gasteiger partial charge in [0.2, 0.25) is 0 Å². The molecule has 0 aliphatic heterocycles. The van der Waals surface area contributed by atoms with Gasteiger partial charge in [-0.05, 0) is 31.8 Å².